The standard InChI is InChI=1S/C63H74N18O14S4/c1-7-77(8-2)41-19-21-45(73-75-62-68-55(79-25-31-94-32-26-79)51(96-62)37-43(39(5)84)57(86)64-47-15-11-13-17-53(47)98(88,89)90)49(35-41)66-59-70-60(72-61(71-59)81(23-29-82)24-30-83)67-50-36-42(78(9-3)10-4)20-22-46(50)74-76-63-69-56(80-27-33-95-34-28-80)52(97-63)38-44(40(6)85)58(87)65-48-16-12-14-18-54(48)99(91,92)93/h11-22,35-38,82-83H,7-10,23-34H2,1-6H3,(H,64,86)(H,65,87)(H,88,89,90)(H,91,92,93)(H2,66,67,70,71,72). The number of nitrogens with zero attached hydrogens (tertiary/aromatic N) is 14. The third-order valence-corrected chi connectivity index (χ3v) is 18.9. The molecule has 7 aromatic rings. The highest BCUT2D eigenvalue weighted by atomic mass is 32.2. The molecule has 2 amide bonds. The van der Waals surface area contributed by atoms with Crippen LogP contribution in [0.25, 0.3) is 12.2 Å². The van der Waals surface area contributed by atoms with Crippen molar-refractivity contribution in [3.8, 4) is 0 Å². The molecule has 5 heterocycles. The SMILES string of the molecule is CCN(CC)c1ccc(N=Nc2nc(N3CCOCC3)c(C=C(C(C)=O)C(=O)Nc3ccccc3S(=O)(=O)O)s2)c(Nc2nc(Nc3cc(N(CC)CC)ccc3N=Nc3nc(N4CCOCC4)c(C=C(C(C)=O)C(=O)Nc4ccccc4S(=O)(=O)O)s3)nc(N(CCO)CCO)n2)c1. The Bertz CT molecular complexity index is 4180. The molecule has 524 valence electrons. The first-order valence-corrected chi connectivity index (χ1v) is 35.8. The second kappa shape index (κ2) is 33.8. The van der Waals surface area contributed by atoms with Gasteiger partial charge in [-0.1, -0.05) is 46.9 Å². The molecule has 2 saturated heterocycles. The summed E-state index contributed by atoms with van der Waals surface area (Å²) in [5.41, 5.74) is 1.66. The van der Waals surface area contributed by atoms with Crippen LogP contribution in [0.4, 0.5) is 85.2 Å². The number of ether oxygens (including phenoxy) is 2. The van der Waals surface area contributed by atoms with Crippen molar-refractivity contribution in [1.29, 1.82) is 0 Å². The molecule has 0 aliphatic carbocycles. The van der Waals surface area contributed by atoms with Crippen LogP contribution in [0.5, 0.6) is 0 Å². The number of Topliss-reactive ketones (excluding diaryl/α,β-unsaturated/α-hetero) is 2. The smallest absolute Gasteiger partial charge is 0.296 e. The van der Waals surface area contributed by atoms with Gasteiger partial charge >= 0.3 is 0 Å². The second-order valence-corrected chi connectivity index (χ2v) is 26.6. The van der Waals surface area contributed by atoms with Gasteiger partial charge < -0.3 is 65.5 Å². The van der Waals surface area contributed by atoms with Gasteiger partial charge in [0.2, 0.25) is 28.1 Å². The minimum absolute atomic E-state index is 0.00724. The van der Waals surface area contributed by atoms with Crippen molar-refractivity contribution in [1.82, 2.24) is 24.9 Å². The molecule has 99 heavy (non-hydrogen) atoms. The molecule has 0 spiro atoms. The number of azo groups is 2. The van der Waals surface area contributed by atoms with Crippen molar-refractivity contribution in [2.45, 2.75) is 51.3 Å². The van der Waals surface area contributed by atoms with Gasteiger partial charge in [-0.15, -0.1) is 20.5 Å². The maximum atomic E-state index is 13.8. The average molecular weight is 1440 g/mol. The van der Waals surface area contributed by atoms with E-state index < -0.39 is 53.4 Å². The monoisotopic (exact) mass is 1430 g/mol. The maximum Gasteiger partial charge on any atom is 0.296 e. The van der Waals surface area contributed by atoms with Crippen LogP contribution in [0.2, 0.25) is 0 Å². The molecule has 0 bridgehead atoms. The molecule has 2 fully saturated rings. The van der Waals surface area contributed by atoms with Crippen LogP contribution >= 0.6 is 22.7 Å². The lowest BCUT2D eigenvalue weighted by molar-refractivity contribution is -0.120. The predicted octanol–water partition coefficient (Wildman–Crippen LogP) is 8.97. The number of morpholine rings is 2. The molecule has 4 aromatic carbocycles. The summed E-state index contributed by atoms with van der Waals surface area (Å²) >= 11 is 2.05. The first-order chi connectivity index (χ1) is 47.5. The van der Waals surface area contributed by atoms with E-state index in [1.165, 1.54) is 62.4 Å². The lowest BCUT2D eigenvalue weighted by atomic mass is 10.1. The molecule has 0 saturated carbocycles. The number of amides is 2. The Kier molecular flexibility index (Phi) is 25.1. The molecule has 32 nitrogen and oxygen atoms in total. The Morgan fingerprint density at radius 2 is 0.919 bits per heavy atom. The molecule has 2 aliphatic rings. The Labute approximate surface area is 578 Å². The minimum atomic E-state index is -4.76. The highest BCUT2D eigenvalue weighted by Gasteiger charge is 2.28. The number of thiazole rings is 2. The van der Waals surface area contributed by atoms with Gasteiger partial charge in [-0.2, -0.15) is 41.8 Å². The van der Waals surface area contributed by atoms with E-state index in [0.29, 0.717) is 112 Å². The van der Waals surface area contributed by atoms with Crippen LogP contribution in [-0.4, -0.2) is 190 Å². The highest BCUT2D eigenvalue weighted by molar-refractivity contribution is 7.86. The number of rotatable bonds is 31. The van der Waals surface area contributed by atoms with E-state index >= 15 is 0 Å². The van der Waals surface area contributed by atoms with Crippen LogP contribution in [-0.2, 0) is 48.9 Å². The van der Waals surface area contributed by atoms with Crippen molar-refractivity contribution in [2.75, 3.05) is 151 Å². The van der Waals surface area contributed by atoms with Gasteiger partial charge in [0, 0.05) is 76.8 Å². The number of nitrogens with one attached hydrogen (secondary N) is 4. The van der Waals surface area contributed by atoms with E-state index in [-0.39, 0.29) is 88.3 Å². The van der Waals surface area contributed by atoms with E-state index in [2.05, 4.69) is 41.3 Å². The van der Waals surface area contributed by atoms with E-state index in [1.807, 2.05) is 61.8 Å². The minimum Gasteiger partial charge on any atom is -0.395 e. The van der Waals surface area contributed by atoms with Crippen molar-refractivity contribution in [2.24, 2.45) is 20.5 Å². The normalized spacial score (nSPS) is 14.0. The first kappa shape index (κ1) is 73.6. The predicted molar refractivity (Wildman–Crippen MR) is 379 cm³/mol. The molecule has 2 aliphatic heterocycles. The number of hydrogen-bond acceptors (Lipinski definition) is 30. The van der Waals surface area contributed by atoms with Crippen LogP contribution < -0.4 is 45.8 Å². The summed E-state index contributed by atoms with van der Waals surface area (Å²) in [4.78, 5) is 87.4. The van der Waals surface area contributed by atoms with E-state index in [1.54, 1.807) is 17.0 Å². The molecule has 0 atom stereocenters. The van der Waals surface area contributed by atoms with E-state index in [9.17, 15) is 55.3 Å². The first-order valence-electron chi connectivity index (χ1n) is 31.3. The largest absolute Gasteiger partial charge is 0.395 e. The van der Waals surface area contributed by atoms with E-state index in [0.717, 1.165) is 46.2 Å². The fraction of sp³-hybridized carbons (Fsp3) is 0.349. The number of para-hydroxylation sites is 2. The van der Waals surface area contributed by atoms with Gasteiger partial charge in [-0.05, 0) is 114 Å². The van der Waals surface area contributed by atoms with E-state index in [4.69, 9.17) is 44.6 Å². The summed E-state index contributed by atoms with van der Waals surface area (Å²) in [5.74, 6) is -2.46. The van der Waals surface area contributed by atoms with Gasteiger partial charge in [-0.3, -0.25) is 28.3 Å². The number of aromatic nitrogens is 5. The van der Waals surface area contributed by atoms with Crippen LogP contribution in [0.3, 0.4) is 0 Å². The molecule has 9 rings (SSSR count). The van der Waals surface area contributed by atoms with Gasteiger partial charge in [0.1, 0.15) is 32.8 Å². The zero-order chi connectivity index (χ0) is 71.0. The number of carbonyl (C=O) groups excluding carboxylic acids is 4. The molecular formula is C63H74N18O14S4. The van der Waals surface area contributed by atoms with Gasteiger partial charge in [0.25, 0.3) is 32.1 Å². The topological polar surface area (TPSA) is 414 Å². The quantitative estimate of drug-likeness (QED) is 0.00660. The number of aliphatic hydroxyl groups is 2. The molecular weight excluding hydrogens is 1360 g/mol. The summed E-state index contributed by atoms with van der Waals surface area (Å²) < 4.78 is 79.8. The lowest BCUT2D eigenvalue weighted by Crippen LogP contribution is -2.36. The third-order valence-electron chi connectivity index (χ3n) is 15.3. The molecule has 8 N–H and O–H groups in total. The fourth-order valence-corrected chi connectivity index (χ4v) is 13.4. The average Bonchev–Trinajstić information content (AvgIpc) is 1.76. The summed E-state index contributed by atoms with van der Waals surface area (Å²) in [6, 6.07) is 21.3. The second-order valence-electron chi connectivity index (χ2n) is 21.8. The third kappa shape index (κ3) is 19.0. The van der Waals surface area contributed by atoms with Crippen molar-refractivity contribution < 1.29 is 64.8 Å². The number of benzene rings is 4. The van der Waals surface area contributed by atoms with Crippen molar-refractivity contribution >= 4 is 164 Å². The number of hydrogen-bond donors (Lipinski definition) is 8. The van der Waals surface area contributed by atoms with Crippen LogP contribution in [0, 0.1) is 0 Å². The Morgan fingerprint density at radius 1 is 0.535 bits per heavy atom. The Balaban J connectivity index is 1.10. The fourth-order valence-electron chi connectivity index (χ4n) is 10.4. The van der Waals surface area contributed by atoms with Gasteiger partial charge in [-0.25, -0.2) is 0 Å². The zero-order valence-corrected chi connectivity index (χ0v) is 58.1. The molecule has 0 radical (unpaired) electrons. The highest BCUT2D eigenvalue weighted by Crippen LogP contribution is 2.41. The molecule has 3 aromatic heterocycles. The van der Waals surface area contributed by atoms with Crippen LogP contribution in [0.1, 0.15) is 51.3 Å². The van der Waals surface area contributed by atoms with Crippen LogP contribution in [0.15, 0.2) is 126 Å². The van der Waals surface area contributed by atoms with Crippen molar-refractivity contribution in [3.63, 3.8) is 0 Å². The lowest BCUT2D eigenvalue weighted by Gasteiger charge is -2.27. The van der Waals surface area contributed by atoms with Gasteiger partial charge in [0.05, 0.1) is 83.3 Å². The zero-order valence-electron chi connectivity index (χ0n) is 54.8. The summed E-state index contributed by atoms with van der Waals surface area (Å²) in [5, 5.41) is 50.9. The maximum absolute atomic E-state index is 13.8. The van der Waals surface area contributed by atoms with Crippen molar-refractivity contribution in [3.05, 3.63) is 106 Å². The molecule has 36 heteroatoms. The summed E-state index contributed by atoms with van der Waals surface area (Å²) in [6.07, 6.45) is 2.68. The Hall–Kier alpha value is -9.63. The summed E-state index contributed by atoms with van der Waals surface area (Å²) in [6.45, 7) is 15.3. The number of ketones is 2. The number of aliphatic hydroxyl groups excluding tert-OH is 2. The molecule has 0 unspecified atom stereocenters. The Morgan fingerprint density at radius 3 is 1.27 bits per heavy atom. The number of anilines is 11. The number of carbonyl (C=O) groups is 4. The summed E-state index contributed by atoms with van der Waals surface area (Å²) in [7, 11) is -9.53. The van der Waals surface area contributed by atoms with Gasteiger partial charge in [0.15, 0.2) is 11.6 Å².